The quantitative estimate of drug-likeness (QED) is 0.652. The number of anilines is 1. The van der Waals surface area contributed by atoms with Crippen molar-refractivity contribution in [2.24, 2.45) is 0 Å². The van der Waals surface area contributed by atoms with E-state index in [0.717, 1.165) is 25.0 Å². The Morgan fingerprint density at radius 1 is 1.27 bits per heavy atom. The molecular weight excluding hydrogens is 404 g/mol. The Kier molecular flexibility index (Phi) is 7.71. The molecule has 7 heteroatoms. The normalized spacial score (nSPS) is 16.7. The third kappa shape index (κ3) is 5.74. The first-order chi connectivity index (χ1) is 14.5. The van der Waals surface area contributed by atoms with Crippen LogP contribution in [0.3, 0.4) is 0 Å². The molecule has 6 nitrogen and oxygen atoms in total. The average molecular weight is 431 g/mol. The lowest BCUT2D eigenvalue weighted by atomic mass is 10.1. The smallest absolute Gasteiger partial charge is 0.265 e. The highest BCUT2D eigenvalue weighted by Gasteiger charge is 2.22. The molecule has 30 heavy (non-hydrogen) atoms. The van der Waals surface area contributed by atoms with E-state index in [-0.39, 0.29) is 17.9 Å². The van der Waals surface area contributed by atoms with Crippen LogP contribution in [-0.4, -0.2) is 37.2 Å². The summed E-state index contributed by atoms with van der Waals surface area (Å²) in [5.74, 6) is 0.00895. The molecule has 0 unspecified atom stereocenters. The van der Waals surface area contributed by atoms with Crippen LogP contribution < -0.4 is 15.4 Å². The highest BCUT2D eigenvalue weighted by molar-refractivity contribution is 6.31. The zero-order valence-corrected chi connectivity index (χ0v) is 18.0. The minimum absolute atomic E-state index is 0.0522. The summed E-state index contributed by atoms with van der Waals surface area (Å²) in [5.41, 5.74) is 1.72. The second kappa shape index (κ2) is 10.5. The van der Waals surface area contributed by atoms with Crippen LogP contribution in [0.5, 0.6) is 5.75 Å². The van der Waals surface area contributed by atoms with Crippen LogP contribution in [-0.2, 0) is 9.53 Å². The van der Waals surface area contributed by atoms with Gasteiger partial charge < -0.3 is 20.1 Å². The number of hydrogen-bond acceptors (Lipinski definition) is 4. The average Bonchev–Trinajstić information content (AvgIpc) is 3.26. The second-order valence-corrected chi connectivity index (χ2v) is 7.71. The first-order valence-corrected chi connectivity index (χ1v) is 10.6. The van der Waals surface area contributed by atoms with E-state index in [4.69, 9.17) is 21.1 Å². The Bertz CT molecular complexity index is 897. The molecule has 3 rings (SSSR count). The van der Waals surface area contributed by atoms with Gasteiger partial charge in [0.15, 0.2) is 6.10 Å². The summed E-state index contributed by atoms with van der Waals surface area (Å²) in [6.07, 6.45) is 1.78. The van der Waals surface area contributed by atoms with Crippen molar-refractivity contribution in [2.75, 3.05) is 18.5 Å². The van der Waals surface area contributed by atoms with Crippen molar-refractivity contribution in [3.05, 3.63) is 58.6 Å². The fourth-order valence-electron chi connectivity index (χ4n) is 3.29. The zero-order chi connectivity index (χ0) is 21.5. The van der Waals surface area contributed by atoms with Gasteiger partial charge in [-0.3, -0.25) is 9.59 Å². The number of rotatable bonds is 8. The standard InChI is InChI=1S/C23H27ClN2O4/c1-3-21(30-16-10-11-19(24)15(2)13-16)23(28)26-20-9-5-4-8-18(20)22(27)25-14-17-7-6-12-29-17/h4-5,8-11,13,17,21H,3,6-7,12,14H2,1-2H3,(H,25,27)(H,26,28)/t17-,21+/m1/s1. The van der Waals surface area contributed by atoms with E-state index in [2.05, 4.69) is 10.6 Å². The van der Waals surface area contributed by atoms with Gasteiger partial charge in [-0.1, -0.05) is 30.7 Å². The van der Waals surface area contributed by atoms with Gasteiger partial charge in [0, 0.05) is 18.2 Å². The van der Waals surface area contributed by atoms with Crippen LogP contribution >= 0.6 is 11.6 Å². The number of aryl methyl sites for hydroxylation is 1. The van der Waals surface area contributed by atoms with Crippen molar-refractivity contribution in [3.8, 4) is 5.75 Å². The molecule has 0 aliphatic carbocycles. The summed E-state index contributed by atoms with van der Waals surface area (Å²) < 4.78 is 11.4. The van der Waals surface area contributed by atoms with E-state index in [1.165, 1.54) is 0 Å². The maximum Gasteiger partial charge on any atom is 0.265 e. The molecule has 0 aromatic heterocycles. The third-order valence-electron chi connectivity index (χ3n) is 5.01. The molecule has 2 N–H and O–H groups in total. The summed E-state index contributed by atoms with van der Waals surface area (Å²) in [6, 6.07) is 12.2. The number of hydrogen-bond donors (Lipinski definition) is 2. The Hall–Kier alpha value is -2.57. The summed E-state index contributed by atoms with van der Waals surface area (Å²) in [4.78, 5) is 25.5. The molecule has 1 fully saturated rings. The van der Waals surface area contributed by atoms with Gasteiger partial charge in [-0.15, -0.1) is 0 Å². The number of ether oxygens (including phenoxy) is 2. The molecular formula is C23H27ClN2O4. The van der Waals surface area contributed by atoms with Crippen LogP contribution in [0, 0.1) is 6.92 Å². The van der Waals surface area contributed by atoms with E-state index < -0.39 is 6.10 Å². The SMILES string of the molecule is CC[C@H](Oc1ccc(Cl)c(C)c1)C(=O)Nc1ccccc1C(=O)NC[C@H]1CCCO1. The molecule has 160 valence electrons. The molecule has 2 aromatic rings. The van der Waals surface area contributed by atoms with Gasteiger partial charge in [0.1, 0.15) is 5.75 Å². The van der Waals surface area contributed by atoms with Gasteiger partial charge >= 0.3 is 0 Å². The number of halogens is 1. The summed E-state index contributed by atoms with van der Waals surface area (Å²) in [6.45, 7) is 4.94. The monoisotopic (exact) mass is 430 g/mol. The Morgan fingerprint density at radius 2 is 2.07 bits per heavy atom. The summed E-state index contributed by atoms with van der Waals surface area (Å²) in [7, 11) is 0. The van der Waals surface area contributed by atoms with Gasteiger partial charge in [0.25, 0.3) is 11.8 Å². The van der Waals surface area contributed by atoms with Crippen molar-refractivity contribution in [1.82, 2.24) is 5.32 Å². The van der Waals surface area contributed by atoms with E-state index in [1.54, 1.807) is 42.5 Å². The predicted molar refractivity (Wildman–Crippen MR) is 117 cm³/mol. The second-order valence-electron chi connectivity index (χ2n) is 7.31. The largest absolute Gasteiger partial charge is 0.481 e. The molecule has 0 spiro atoms. The highest BCUT2D eigenvalue weighted by Crippen LogP contribution is 2.23. The molecule has 2 atom stereocenters. The Balaban J connectivity index is 1.65. The Morgan fingerprint density at radius 3 is 2.77 bits per heavy atom. The first-order valence-electron chi connectivity index (χ1n) is 10.2. The number of nitrogens with one attached hydrogen (secondary N) is 2. The third-order valence-corrected chi connectivity index (χ3v) is 5.44. The number of carbonyl (C=O) groups is 2. The van der Waals surface area contributed by atoms with Crippen molar-refractivity contribution in [3.63, 3.8) is 0 Å². The fourth-order valence-corrected chi connectivity index (χ4v) is 3.40. The lowest BCUT2D eigenvalue weighted by molar-refractivity contribution is -0.122. The lowest BCUT2D eigenvalue weighted by Crippen LogP contribution is -2.35. The van der Waals surface area contributed by atoms with Crippen LogP contribution in [0.15, 0.2) is 42.5 Å². The van der Waals surface area contributed by atoms with Gasteiger partial charge in [-0.25, -0.2) is 0 Å². The van der Waals surface area contributed by atoms with Crippen molar-refractivity contribution < 1.29 is 19.1 Å². The minimum Gasteiger partial charge on any atom is -0.481 e. The molecule has 2 amide bonds. The van der Waals surface area contributed by atoms with Crippen LogP contribution in [0.1, 0.15) is 42.1 Å². The van der Waals surface area contributed by atoms with E-state index in [9.17, 15) is 9.59 Å². The maximum absolute atomic E-state index is 12.8. The molecule has 0 saturated carbocycles. The van der Waals surface area contributed by atoms with Crippen molar-refractivity contribution in [1.29, 1.82) is 0 Å². The van der Waals surface area contributed by atoms with Gasteiger partial charge in [-0.2, -0.15) is 0 Å². The summed E-state index contributed by atoms with van der Waals surface area (Å²) >= 11 is 6.05. The molecule has 1 aliphatic heterocycles. The maximum atomic E-state index is 12.8. The first kappa shape index (κ1) is 22.1. The minimum atomic E-state index is -0.700. The molecule has 1 saturated heterocycles. The topological polar surface area (TPSA) is 76.7 Å². The molecule has 0 bridgehead atoms. The van der Waals surface area contributed by atoms with Crippen LogP contribution in [0.2, 0.25) is 5.02 Å². The summed E-state index contributed by atoms with van der Waals surface area (Å²) in [5, 5.41) is 6.37. The fraction of sp³-hybridized carbons (Fsp3) is 0.391. The van der Waals surface area contributed by atoms with Crippen LogP contribution in [0.25, 0.3) is 0 Å². The Labute approximate surface area is 181 Å². The van der Waals surface area contributed by atoms with E-state index in [0.29, 0.717) is 35.0 Å². The van der Waals surface area contributed by atoms with E-state index >= 15 is 0 Å². The zero-order valence-electron chi connectivity index (χ0n) is 17.2. The molecule has 0 radical (unpaired) electrons. The van der Waals surface area contributed by atoms with E-state index in [1.807, 2.05) is 13.8 Å². The van der Waals surface area contributed by atoms with Crippen molar-refractivity contribution in [2.45, 2.75) is 45.3 Å². The van der Waals surface area contributed by atoms with Crippen molar-refractivity contribution >= 4 is 29.1 Å². The number of para-hydroxylation sites is 1. The molecule has 2 aromatic carbocycles. The van der Waals surface area contributed by atoms with Gasteiger partial charge in [-0.05, 0) is 62.1 Å². The lowest BCUT2D eigenvalue weighted by Gasteiger charge is -2.19. The number of benzene rings is 2. The van der Waals surface area contributed by atoms with Gasteiger partial charge in [0.05, 0.1) is 17.4 Å². The number of carbonyl (C=O) groups excluding carboxylic acids is 2. The van der Waals surface area contributed by atoms with Crippen LogP contribution in [0.4, 0.5) is 5.69 Å². The van der Waals surface area contributed by atoms with Gasteiger partial charge in [0.2, 0.25) is 0 Å². The number of amides is 2. The molecule has 1 aliphatic rings. The predicted octanol–water partition coefficient (Wildman–Crippen LogP) is 4.35. The highest BCUT2D eigenvalue weighted by atomic mass is 35.5. The molecule has 1 heterocycles.